The minimum absolute atomic E-state index is 0.0502. The Labute approximate surface area is 164 Å². The van der Waals surface area contributed by atoms with Crippen LogP contribution in [0.3, 0.4) is 0 Å². The van der Waals surface area contributed by atoms with Gasteiger partial charge in [-0.3, -0.25) is 15.1 Å². The quantitative estimate of drug-likeness (QED) is 0.461. The first-order valence-corrected chi connectivity index (χ1v) is 9.14. The number of hydrogen-bond donors (Lipinski definition) is 3. The monoisotopic (exact) mass is 400 g/mol. The number of thiazole rings is 1. The molecule has 0 aliphatic heterocycles. The number of rotatable bonds is 3. The number of nitrogens with zero attached hydrogens (tertiary/aromatic N) is 3. The first-order chi connectivity index (χ1) is 12.8. The lowest BCUT2D eigenvalue weighted by molar-refractivity contribution is -0.121. The molecular formula is C18H17ClN6OS. The zero-order valence-corrected chi connectivity index (χ0v) is 16.0. The summed E-state index contributed by atoms with van der Waals surface area (Å²) < 4.78 is 0.976. The number of nitrogens with two attached hydrogens (primary N) is 2. The van der Waals surface area contributed by atoms with E-state index in [2.05, 4.69) is 9.98 Å². The molecule has 7 nitrogen and oxygen atoms in total. The molecule has 0 bridgehead atoms. The van der Waals surface area contributed by atoms with E-state index in [0.29, 0.717) is 10.7 Å². The average Bonchev–Trinajstić information content (AvgIpc) is 2.99. The van der Waals surface area contributed by atoms with Crippen molar-refractivity contribution in [1.29, 1.82) is 5.41 Å². The molecule has 0 spiro atoms. The van der Waals surface area contributed by atoms with Crippen molar-refractivity contribution in [3.8, 4) is 0 Å². The Morgan fingerprint density at radius 1 is 1.26 bits per heavy atom. The van der Waals surface area contributed by atoms with Crippen LogP contribution in [0.15, 0.2) is 47.5 Å². The highest BCUT2D eigenvalue weighted by molar-refractivity contribution is 7.18. The summed E-state index contributed by atoms with van der Waals surface area (Å²) in [5, 5.41) is 9.00. The SMILES string of the molecule is Cc1nc2ccc(N=C(N)N(Cc3ccc(Cl)cc3)C(=O)C(=N)N)cc2s1. The summed E-state index contributed by atoms with van der Waals surface area (Å²) in [4.78, 5) is 22.2. The first-order valence-electron chi connectivity index (χ1n) is 7.95. The van der Waals surface area contributed by atoms with E-state index in [4.69, 9.17) is 28.5 Å². The van der Waals surface area contributed by atoms with Crippen LogP contribution in [0.5, 0.6) is 0 Å². The standard InChI is InChI=1S/C18H17ClN6OS/c1-10-23-14-7-6-13(8-15(14)27-10)24-18(22)25(17(26)16(20)21)9-11-2-4-12(19)5-3-11/h2-8H,9H2,1H3,(H3,20,21)(H2,22,24). The minimum atomic E-state index is -0.721. The van der Waals surface area contributed by atoms with E-state index in [1.165, 1.54) is 0 Å². The number of halogens is 1. The van der Waals surface area contributed by atoms with Gasteiger partial charge >= 0.3 is 0 Å². The van der Waals surface area contributed by atoms with E-state index in [1.54, 1.807) is 41.7 Å². The third-order valence-corrected chi connectivity index (χ3v) is 4.91. The molecule has 0 radical (unpaired) electrons. The van der Waals surface area contributed by atoms with Gasteiger partial charge in [-0.15, -0.1) is 11.3 Å². The molecule has 1 aromatic heterocycles. The van der Waals surface area contributed by atoms with Crippen molar-refractivity contribution >= 4 is 56.5 Å². The fourth-order valence-corrected chi connectivity index (χ4v) is 3.45. The van der Waals surface area contributed by atoms with Crippen molar-refractivity contribution in [3.05, 3.63) is 58.1 Å². The summed E-state index contributed by atoms with van der Waals surface area (Å²) in [6.45, 7) is 2.05. The van der Waals surface area contributed by atoms with Gasteiger partial charge in [0.15, 0.2) is 5.84 Å². The van der Waals surface area contributed by atoms with Gasteiger partial charge in [0.25, 0.3) is 5.91 Å². The molecule has 0 saturated carbocycles. The molecule has 0 aliphatic carbocycles. The van der Waals surface area contributed by atoms with Gasteiger partial charge < -0.3 is 11.5 Å². The predicted molar refractivity (Wildman–Crippen MR) is 110 cm³/mol. The second-order valence-corrected chi connectivity index (χ2v) is 7.46. The van der Waals surface area contributed by atoms with Crippen molar-refractivity contribution in [2.24, 2.45) is 16.5 Å². The number of benzene rings is 2. The van der Waals surface area contributed by atoms with Crippen LogP contribution in [-0.4, -0.2) is 27.6 Å². The molecule has 3 rings (SSSR count). The van der Waals surface area contributed by atoms with Gasteiger partial charge in [-0.1, -0.05) is 23.7 Å². The van der Waals surface area contributed by atoms with Crippen molar-refractivity contribution in [1.82, 2.24) is 9.88 Å². The summed E-state index contributed by atoms with van der Waals surface area (Å²) >= 11 is 7.44. The zero-order chi connectivity index (χ0) is 19.6. The summed E-state index contributed by atoms with van der Waals surface area (Å²) in [6, 6.07) is 12.4. The van der Waals surface area contributed by atoms with Crippen molar-refractivity contribution in [3.63, 3.8) is 0 Å². The molecule has 1 heterocycles. The Morgan fingerprint density at radius 2 is 1.96 bits per heavy atom. The Hall–Kier alpha value is -2.97. The van der Waals surface area contributed by atoms with Gasteiger partial charge in [-0.2, -0.15) is 0 Å². The van der Waals surface area contributed by atoms with Gasteiger partial charge in [0.05, 0.1) is 27.5 Å². The molecule has 2 aromatic carbocycles. The van der Waals surface area contributed by atoms with Crippen molar-refractivity contribution in [2.75, 3.05) is 0 Å². The van der Waals surface area contributed by atoms with E-state index in [-0.39, 0.29) is 12.5 Å². The third kappa shape index (κ3) is 4.42. The molecule has 0 atom stereocenters. The Kier molecular flexibility index (Phi) is 5.38. The number of carbonyl (C=O) groups is 1. The summed E-state index contributed by atoms with van der Waals surface area (Å²) in [5.74, 6) is -1.39. The molecule has 0 saturated heterocycles. The Bertz CT molecular complexity index is 1040. The number of hydrogen-bond acceptors (Lipinski definition) is 5. The number of carbonyl (C=O) groups excluding carboxylic acids is 1. The highest BCUT2D eigenvalue weighted by Crippen LogP contribution is 2.26. The smallest absolute Gasteiger partial charge is 0.295 e. The van der Waals surface area contributed by atoms with Gasteiger partial charge in [0.2, 0.25) is 5.96 Å². The number of aliphatic imine (C=N–C) groups is 1. The van der Waals surface area contributed by atoms with Gasteiger partial charge in [-0.05, 0) is 42.8 Å². The summed E-state index contributed by atoms with van der Waals surface area (Å²) in [5.41, 5.74) is 13.7. The molecule has 0 unspecified atom stereocenters. The van der Waals surface area contributed by atoms with Gasteiger partial charge in [-0.25, -0.2) is 9.98 Å². The maximum atomic E-state index is 12.3. The van der Waals surface area contributed by atoms with Crippen LogP contribution in [0.1, 0.15) is 10.6 Å². The van der Waals surface area contributed by atoms with Crippen LogP contribution in [0.25, 0.3) is 10.2 Å². The topological polar surface area (TPSA) is 121 Å². The first kappa shape index (κ1) is 18.8. The van der Waals surface area contributed by atoms with Crippen LogP contribution < -0.4 is 11.5 Å². The average molecular weight is 401 g/mol. The normalized spacial score (nSPS) is 11.6. The lowest BCUT2D eigenvalue weighted by Crippen LogP contribution is -2.46. The molecule has 1 amide bonds. The van der Waals surface area contributed by atoms with E-state index in [9.17, 15) is 4.79 Å². The fourth-order valence-electron chi connectivity index (χ4n) is 2.47. The number of nitrogens with one attached hydrogen (secondary N) is 1. The maximum absolute atomic E-state index is 12.3. The summed E-state index contributed by atoms with van der Waals surface area (Å²) in [6.07, 6.45) is 0. The van der Waals surface area contributed by atoms with Crippen LogP contribution in [0.2, 0.25) is 5.02 Å². The maximum Gasteiger partial charge on any atom is 0.295 e. The number of guanidine groups is 1. The van der Waals surface area contributed by atoms with E-state index < -0.39 is 11.7 Å². The zero-order valence-electron chi connectivity index (χ0n) is 14.4. The molecule has 0 fully saturated rings. The molecule has 3 aromatic rings. The Morgan fingerprint density at radius 3 is 2.63 bits per heavy atom. The molecule has 27 heavy (non-hydrogen) atoms. The van der Waals surface area contributed by atoms with E-state index in [0.717, 1.165) is 25.7 Å². The second-order valence-electron chi connectivity index (χ2n) is 5.79. The molecule has 9 heteroatoms. The largest absolute Gasteiger partial charge is 0.380 e. The molecule has 138 valence electrons. The van der Waals surface area contributed by atoms with E-state index >= 15 is 0 Å². The number of fused-ring (bicyclic) bond motifs is 1. The number of amidine groups is 1. The lowest BCUT2D eigenvalue weighted by Gasteiger charge is -2.21. The van der Waals surface area contributed by atoms with Crippen LogP contribution in [0, 0.1) is 12.3 Å². The lowest BCUT2D eigenvalue weighted by atomic mass is 10.2. The van der Waals surface area contributed by atoms with Crippen molar-refractivity contribution in [2.45, 2.75) is 13.5 Å². The van der Waals surface area contributed by atoms with Crippen molar-refractivity contribution < 1.29 is 4.79 Å². The van der Waals surface area contributed by atoms with Crippen LogP contribution >= 0.6 is 22.9 Å². The highest BCUT2D eigenvalue weighted by Gasteiger charge is 2.20. The number of aromatic nitrogens is 1. The predicted octanol–water partition coefficient (Wildman–Crippen LogP) is 3.17. The highest BCUT2D eigenvalue weighted by atomic mass is 35.5. The van der Waals surface area contributed by atoms with Gasteiger partial charge in [0.1, 0.15) is 0 Å². The fraction of sp³-hybridized carbons (Fsp3) is 0.111. The second kappa shape index (κ2) is 7.73. The summed E-state index contributed by atoms with van der Waals surface area (Å²) in [7, 11) is 0. The van der Waals surface area contributed by atoms with E-state index in [1.807, 2.05) is 19.1 Å². The minimum Gasteiger partial charge on any atom is -0.380 e. The molecule has 5 N–H and O–H groups in total. The Balaban J connectivity index is 1.93. The van der Waals surface area contributed by atoms with Gasteiger partial charge in [0, 0.05) is 5.02 Å². The third-order valence-electron chi connectivity index (χ3n) is 3.73. The van der Waals surface area contributed by atoms with Crippen LogP contribution in [0.4, 0.5) is 5.69 Å². The molecular weight excluding hydrogens is 384 g/mol. The number of amides is 1. The molecule has 0 aliphatic rings. The van der Waals surface area contributed by atoms with Crippen LogP contribution in [-0.2, 0) is 11.3 Å². The number of aryl methyl sites for hydroxylation is 1.